The number of benzene rings is 1. The third kappa shape index (κ3) is 6.52. The van der Waals surface area contributed by atoms with E-state index in [0.29, 0.717) is 19.0 Å². The van der Waals surface area contributed by atoms with Crippen LogP contribution in [0.4, 0.5) is 0 Å². The van der Waals surface area contributed by atoms with E-state index >= 15 is 0 Å². The number of carbonyl (C=O) groups excluding carboxylic acids is 2. The van der Waals surface area contributed by atoms with Crippen molar-refractivity contribution in [3.05, 3.63) is 30.3 Å². The lowest BCUT2D eigenvalue weighted by Crippen LogP contribution is -2.51. The molecular weight excluding hydrogens is 428 g/mol. The van der Waals surface area contributed by atoms with E-state index in [2.05, 4.69) is 18.7 Å². The van der Waals surface area contributed by atoms with Gasteiger partial charge >= 0.3 is 0 Å². The molecule has 2 heterocycles. The average molecular weight is 465 g/mol. The van der Waals surface area contributed by atoms with Crippen molar-refractivity contribution < 1.29 is 18.0 Å². The van der Waals surface area contributed by atoms with Crippen molar-refractivity contribution >= 4 is 21.8 Å². The van der Waals surface area contributed by atoms with Gasteiger partial charge in [0, 0.05) is 65.2 Å². The molecule has 2 aliphatic rings. The Morgan fingerprint density at radius 2 is 1.31 bits per heavy atom. The molecule has 0 saturated carbocycles. The molecule has 0 unspecified atom stereocenters. The SMILES string of the molecule is CC(C)CCN1CCN(C(=O)CCC(=O)N2CCN(S(=O)(=O)c3ccccc3)CC2)CC1. The molecule has 0 bridgehead atoms. The van der Waals surface area contributed by atoms with Crippen LogP contribution in [0.5, 0.6) is 0 Å². The first-order valence-corrected chi connectivity index (χ1v) is 13.0. The van der Waals surface area contributed by atoms with E-state index in [4.69, 9.17) is 0 Å². The maximum atomic E-state index is 12.7. The minimum atomic E-state index is -3.53. The van der Waals surface area contributed by atoms with E-state index in [1.807, 2.05) is 4.90 Å². The molecular formula is C23H36N4O4S. The first-order valence-electron chi connectivity index (χ1n) is 11.6. The topological polar surface area (TPSA) is 81.2 Å². The zero-order chi connectivity index (χ0) is 23.1. The van der Waals surface area contributed by atoms with Crippen LogP contribution in [0.15, 0.2) is 35.2 Å². The Balaban J connectivity index is 1.39. The van der Waals surface area contributed by atoms with E-state index < -0.39 is 10.0 Å². The van der Waals surface area contributed by atoms with Gasteiger partial charge in [-0.3, -0.25) is 14.5 Å². The maximum absolute atomic E-state index is 12.7. The van der Waals surface area contributed by atoms with Gasteiger partial charge in [-0.25, -0.2) is 8.42 Å². The smallest absolute Gasteiger partial charge is 0.243 e. The molecule has 1 aromatic carbocycles. The summed E-state index contributed by atoms with van der Waals surface area (Å²) in [7, 11) is -3.53. The first-order chi connectivity index (χ1) is 15.3. The molecule has 32 heavy (non-hydrogen) atoms. The molecule has 2 amide bonds. The van der Waals surface area contributed by atoms with Crippen LogP contribution in [0.3, 0.4) is 0 Å². The van der Waals surface area contributed by atoms with Crippen LogP contribution < -0.4 is 0 Å². The zero-order valence-corrected chi connectivity index (χ0v) is 20.1. The summed E-state index contributed by atoms with van der Waals surface area (Å²) in [6, 6.07) is 8.36. The van der Waals surface area contributed by atoms with Gasteiger partial charge in [0.05, 0.1) is 4.90 Å². The van der Waals surface area contributed by atoms with Crippen LogP contribution in [0.1, 0.15) is 33.1 Å². The molecule has 2 saturated heterocycles. The molecule has 9 heteroatoms. The van der Waals surface area contributed by atoms with Gasteiger partial charge in [-0.05, 0) is 31.0 Å². The Bertz CT molecular complexity index is 859. The van der Waals surface area contributed by atoms with Crippen molar-refractivity contribution in [2.75, 3.05) is 58.9 Å². The van der Waals surface area contributed by atoms with Crippen LogP contribution in [0, 0.1) is 5.92 Å². The number of rotatable bonds is 8. The van der Waals surface area contributed by atoms with E-state index in [9.17, 15) is 18.0 Å². The average Bonchev–Trinajstić information content (AvgIpc) is 2.82. The molecule has 0 aliphatic carbocycles. The second-order valence-corrected chi connectivity index (χ2v) is 10.9. The Kier molecular flexibility index (Phi) is 8.67. The van der Waals surface area contributed by atoms with Crippen LogP contribution in [0.2, 0.25) is 0 Å². The normalized spacial score (nSPS) is 18.8. The highest BCUT2D eigenvalue weighted by molar-refractivity contribution is 7.89. The highest BCUT2D eigenvalue weighted by Crippen LogP contribution is 2.18. The van der Waals surface area contributed by atoms with Gasteiger partial charge in [0.2, 0.25) is 21.8 Å². The second kappa shape index (κ2) is 11.2. The fourth-order valence-corrected chi connectivity index (χ4v) is 5.55. The lowest BCUT2D eigenvalue weighted by atomic mass is 10.1. The van der Waals surface area contributed by atoms with Crippen molar-refractivity contribution in [2.24, 2.45) is 5.92 Å². The number of hydrogen-bond acceptors (Lipinski definition) is 5. The largest absolute Gasteiger partial charge is 0.340 e. The van der Waals surface area contributed by atoms with Crippen LogP contribution in [-0.4, -0.2) is 98.1 Å². The number of piperazine rings is 2. The summed E-state index contributed by atoms with van der Waals surface area (Å²) in [5.74, 6) is 0.638. The van der Waals surface area contributed by atoms with Gasteiger partial charge in [0.1, 0.15) is 0 Å². The molecule has 0 N–H and O–H groups in total. The number of hydrogen-bond donors (Lipinski definition) is 0. The third-order valence-corrected chi connectivity index (χ3v) is 8.19. The molecule has 0 radical (unpaired) electrons. The quantitative estimate of drug-likeness (QED) is 0.582. The highest BCUT2D eigenvalue weighted by Gasteiger charge is 2.30. The molecule has 0 spiro atoms. The number of sulfonamides is 1. The molecule has 2 fully saturated rings. The lowest BCUT2D eigenvalue weighted by Gasteiger charge is -2.35. The lowest BCUT2D eigenvalue weighted by molar-refractivity contribution is -0.138. The Hall–Kier alpha value is -1.97. The number of carbonyl (C=O) groups is 2. The summed E-state index contributed by atoms with van der Waals surface area (Å²) in [6.45, 7) is 10.0. The zero-order valence-electron chi connectivity index (χ0n) is 19.3. The van der Waals surface area contributed by atoms with Gasteiger partial charge in [0.25, 0.3) is 0 Å². The summed E-state index contributed by atoms with van der Waals surface area (Å²) in [4.78, 5) is 31.4. The minimum Gasteiger partial charge on any atom is -0.340 e. The van der Waals surface area contributed by atoms with E-state index in [1.165, 1.54) is 10.7 Å². The van der Waals surface area contributed by atoms with Gasteiger partial charge in [0.15, 0.2) is 0 Å². The summed E-state index contributed by atoms with van der Waals surface area (Å²) < 4.78 is 26.9. The standard InChI is InChI=1S/C23H36N4O4S/c1-20(2)10-11-24-12-14-25(15-13-24)22(28)8-9-23(29)26-16-18-27(19-17-26)32(30,31)21-6-4-3-5-7-21/h3-7,20H,8-19H2,1-2H3. The van der Waals surface area contributed by atoms with Crippen molar-refractivity contribution in [3.8, 4) is 0 Å². The van der Waals surface area contributed by atoms with Crippen LogP contribution >= 0.6 is 0 Å². The van der Waals surface area contributed by atoms with E-state index in [-0.39, 0.29) is 42.6 Å². The third-order valence-electron chi connectivity index (χ3n) is 6.27. The molecule has 178 valence electrons. The first kappa shape index (κ1) is 24.7. The van der Waals surface area contributed by atoms with Crippen molar-refractivity contribution in [3.63, 3.8) is 0 Å². The van der Waals surface area contributed by atoms with Gasteiger partial charge in [-0.15, -0.1) is 0 Å². The molecule has 0 aromatic heterocycles. The Morgan fingerprint density at radius 3 is 1.81 bits per heavy atom. The second-order valence-electron chi connectivity index (χ2n) is 9.00. The number of nitrogens with zero attached hydrogens (tertiary/aromatic N) is 4. The van der Waals surface area contributed by atoms with Gasteiger partial charge in [-0.1, -0.05) is 32.0 Å². The van der Waals surface area contributed by atoms with Crippen molar-refractivity contribution in [1.82, 2.24) is 19.0 Å². The van der Waals surface area contributed by atoms with Crippen molar-refractivity contribution in [1.29, 1.82) is 0 Å². The maximum Gasteiger partial charge on any atom is 0.243 e. The predicted octanol–water partition coefficient (Wildman–Crippen LogP) is 1.49. The Morgan fingerprint density at radius 1 is 0.812 bits per heavy atom. The number of amides is 2. The van der Waals surface area contributed by atoms with Crippen LogP contribution in [-0.2, 0) is 19.6 Å². The monoisotopic (exact) mass is 464 g/mol. The summed E-state index contributed by atoms with van der Waals surface area (Å²) >= 11 is 0. The Labute approximate surface area is 192 Å². The van der Waals surface area contributed by atoms with E-state index in [0.717, 1.165) is 32.7 Å². The van der Waals surface area contributed by atoms with Gasteiger partial charge < -0.3 is 9.80 Å². The molecule has 3 rings (SSSR count). The molecule has 8 nitrogen and oxygen atoms in total. The van der Waals surface area contributed by atoms with Gasteiger partial charge in [-0.2, -0.15) is 4.31 Å². The van der Waals surface area contributed by atoms with Crippen molar-refractivity contribution in [2.45, 2.75) is 38.0 Å². The summed E-state index contributed by atoms with van der Waals surface area (Å²) in [5.41, 5.74) is 0. The summed E-state index contributed by atoms with van der Waals surface area (Å²) in [6.07, 6.45) is 1.56. The highest BCUT2D eigenvalue weighted by atomic mass is 32.2. The minimum absolute atomic E-state index is 0.0344. The predicted molar refractivity (Wildman–Crippen MR) is 123 cm³/mol. The molecule has 1 aromatic rings. The molecule has 0 atom stereocenters. The van der Waals surface area contributed by atoms with Crippen LogP contribution in [0.25, 0.3) is 0 Å². The summed E-state index contributed by atoms with van der Waals surface area (Å²) in [5, 5.41) is 0. The van der Waals surface area contributed by atoms with E-state index in [1.54, 1.807) is 35.2 Å². The molecule has 2 aliphatic heterocycles. The fourth-order valence-electron chi connectivity index (χ4n) is 4.11. The fraction of sp³-hybridized carbons (Fsp3) is 0.652.